The topological polar surface area (TPSA) is 89.8 Å². The Morgan fingerprint density at radius 2 is 2.30 bits per heavy atom. The smallest absolute Gasteiger partial charge is 0.223 e. The van der Waals surface area contributed by atoms with Gasteiger partial charge in [0.25, 0.3) is 0 Å². The van der Waals surface area contributed by atoms with Crippen molar-refractivity contribution in [1.29, 1.82) is 0 Å². The average molecular weight is 294 g/mol. The predicted octanol–water partition coefficient (Wildman–Crippen LogP) is 1.79. The molecular weight excluding hydrogens is 278 g/mol. The molecule has 2 bridgehead atoms. The summed E-state index contributed by atoms with van der Waals surface area (Å²) in [6.07, 6.45) is 6.11. The van der Waals surface area contributed by atoms with E-state index in [4.69, 9.17) is 17.3 Å². The van der Waals surface area contributed by atoms with Gasteiger partial charge in [-0.15, -0.1) is 0 Å². The maximum Gasteiger partial charge on any atom is 0.223 e. The van der Waals surface area contributed by atoms with Crippen molar-refractivity contribution in [2.45, 2.75) is 31.7 Å². The van der Waals surface area contributed by atoms with Gasteiger partial charge in [-0.3, -0.25) is 0 Å². The van der Waals surface area contributed by atoms with Crippen molar-refractivity contribution in [2.75, 3.05) is 12.3 Å². The van der Waals surface area contributed by atoms with E-state index in [2.05, 4.69) is 19.5 Å². The Labute approximate surface area is 121 Å². The Hall–Kier alpha value is -1.40. The van der Waals surface area contributed by atoms with E-state index in [0.29, 0.717) is 28.3 Å². The lowest BCUT2D eigenvalue weighted by atomic mass is 9.83. The van der Waals surface area contributed by atoms with E-state index in [1.54, 1.807) is 6.33 Å². The number of anilines is 1. The Kier molecular flexibility index (Phi) is 2.50. The molecule has 2 heterocycles. The second-order valence-corrected chi connectivity index (χ2v) is 6.49. The first-order valence-corrected chi connectivity index (χ1v) is 7.26. The van der Waals surface area contributed by atoms with Gasteiger partial charge < -0.3 is 15.4 Å². The van der Waals surface area contributed by atoms with Crippen LogP contribution in [0, 0.1) is 11.3 Å². The summed E-state index contributed by atoms with van der Waals surface area (Å²) in [5, 5.41) is 9.97. The minimum Gasteiger partial charge on any atom is -0.396 e. The molecule has 6 nitrogen and oxygen atoms in total. The summed E-state index contributed by atoms with van der Waals surface area (Å²) in [6, 6.07) is 0.325. The highest BCUT2D eigenvalue weighted by Crippen LogP contribution is 2.58. The molecule has 0 amide bonds. The number of aliphatic hydroxyl groups is 1. The van der Waals surface area contributed by atoms with Crippen LogP contribution in [0.3, 0.4) is 0 Å². The predicted molar refractivity (Wildman–Crippen MR) is 75.3 cm³/mol. The molecule has 2 aliphatic rings. The van der Waals surface area contributed by atoms with Crippen LogP contribution >= 0.6 is 11.6 Å². The summed E-state index contributed by atoms with van der Waals surface area (Å²) >= 11 is 6.07. The molecule has 2 saturated carbocycles. The fraction of sp³-hybridized carbons (Fsp3) is 0.615. The first-order chi connectivity index (χ1) is 9.62. The van der Waals surface area contributed by atoms with Gasteiger partial charge in [-0.25, -0.2) is 4.98 Å². The Morgan fingerprint density at radius 1 is 1.45 bits per heavy atom. The molecule has 3 N–H and O–H groups in total. The highest BCUT2D eigenvalue weighted by molar-refractivity contribution is 6.33. The zero-order valence-electron chi connectivity index (χ0n) is 11.0. The van der Waals surface area contributed by atoms with Crippen molar-refractivity contribution in [1.82, 2.24) is 19.5 Å². The Morgan fingerprint density at radius 3 is 3.05 bits per heavy atom. The van der Waals surface area contributed by atoms with Crippen molar-refractivity contribution in [3.8, 4) is 0 Å². The number of nitrogens with zero attached hydrogens (tertiary/aromatic N) is 4. The second-order valence-electron chi connectivity index (χ2n) is 6.13. The van der Waals surface area contributed by atoms with Gasteiger partial charge in [0.15, 0.2) is 10.8 Å². The molecule has 0 unspecified atom stereocenters. The van der Waals surface area contributed by atoms with Gasteiger partial charge in [-0.2, -0.15) is 9.97 Å². The molecule has 2 aromatic rings. The number of imidazole rings is 1. The molecule has 106 valence electrons. The summed E-state index contributed by atoms with van der Waals surface area (Å²) in [5.74, 6) is 0.749. The van der Waals surface area contributed by atoms with Crippen LogP contribution in [-0.4, -0.2) is 31.2 Å². The first kappa shape index (κ1) is 12.3. The summed E-state index contributed by atoms with van der Waals surface area (Å²) in [6.45, 7) is 0.268. The molecule has 3 atom stereocenters. The number of aliphatic hydroxyl groups excluding tert-OH is 1. The third kappa shape index (κ3) is 1.58. The van der Waals surface area contributed by atoms with E-state index in [-0.39, 0.29) is 18.0 Å². The highest BCUT2D eigenvalue weighted by Gasteiger charge is 2.51. The maximum atomic E-state index is 9.67. The Balaban J connectivity index is 1.81. The van der Waals surface area contributed by atoms with Crippen LogP contribution in [0.15, 0.2) is 6.33 Å². The molecule has 0 aromatic carbocycles. The summed E-state index contributed by atoms with van der Waals surface area (Å²) in [4.78, 5) is 12.6. The monoisotopic (exact) mass is 293 g/mol. The summed E-state index contributed by atoms with van der Waals surface area (Å²) < 4.78 is 2.07. The molecule has 2 aliphatic carbocycles. The number of rotatable bonds is 2. The van der Waals surface area contributed by atoms with Gasteiger partial charge >= 0.3 is 0 Å². The van der Waals surface area contributed by atoms with Gasteiger partial charge in [0.05, 0.1) is 6.33 Å². The number of nitrogens with two attached hydrogens (primary N) is 1. The van der Waals surface area contributed by atoms with Crippen LogP contribution in [0.4, 0.5) is 5.95 Å². The third-order valence-electron chi connectivity index (χ3n) is 5.02. The fourth-order valence-corrected chi connectivity index (χ4v) is 4.27. The standard InChI is InChI=1S/C13H16ClN5O/c14-10-9-11(18-12(15)17-10)19(6-16-9)8-4-13(5-20)2-1-7(8)3-13/h6-8,20H,1-5H2,(H2,15,17,18)/t7-,8-,13-/m1/s1. The van der Waals surface area contributed by atoms with Crippen molar-refractivity contribution in [3.05, 3.63) is 11.5 Å². The van der Waals surface area contributed by atoms with E-state index in [1.165, 1.54) is 0 Å². The van der Waals surface area contributed by atoms with E-state index >= 15 is 0 Å². The average Bonchev–Trinajstić information content (AvgIpc) is 3.09. The number of hydrogen-bond donors (Lipinski definition) is 2. The van der Waals surface area contributed by atoms with E-state index < -0.39 is 0 Å². The lowest BCUT2D eigenvalue weighted by molar-refractivity contribution is 0.123. The quantitative estimate of drug-likeness (QED) is 0.824. The van der Waals surface area contributed by atoms with Gasteiger partial charge in [0.2, 0.25) is 5.95 Å². The van der Waals surface area contributed by atoms with Gasteiger partial charge in [-0.1, -0.05) is 11.6 Å². The lowest BCUT2D eigenvalue weighted by Crippen LogP contribution is -2.23. The van der Waals surface area contributed by atoms with Crippen LogP contribution in [0.25, 0.3) is 11.2 Å². The largest absolute Gasteiger partial charge is 0.396 e. The molecular formula is C13H16ClN5O. The molecule has 0 aliphatic heterocycles. The van der Waals surface area contributed by atoms with Crippen LogP contribution in [0.5, 0.6) is 0 Å². The van der Waals surface area contributed by atoms with Gasteiger partial charge in [-0.05, 0) is 37.0 Å². The SMILES string of the molecule is Nc1nc(Cl)c2ncn([C@@H]3C[C@@]4(CO)CC[C@@H]3C4)c2n1. The third-order valence-corrected chi connectivity index (χ3v) is 5.28. The normalized spacial score (nSPS) is 32.3. The summed E-state index contributed by atoms with van der Waals surface area (Å²) in [7, 11) is 0. The molecule has 0 spiro atoms. The summed E-state index contributed by atoms with van der Waals surface area (Å²) in [5.41, 5.74) is 7.08. The zero-order valence-corrected chi connectivity index (χ0v) is 11.7. The minimum absolute atomic E-state index is 0.0916. The molecule has 7 heteroatoms. The molecule has 20 heavy (non-hydrogen) atoms. The van der Waals surface area contributed by atoms with E-state index in [9.17, 15) is 5.11 Å². The van der Waals surface area contributed by atoms with Gasteiger partial charge in [0.1, 0.15) is 5.52 Å². The van der Waals surface area contributed by atoms with Crippen LogP contribution in [0.2, 0.25) is 5.15 Å². The molecule has 0 radical (unpaired) electrons. The second kappa shape index (κ2) is 4.05. The molecule has 2 aromatic heterocycles. The highest BCUT2D eigenvalue weighted by atomic mass is 35.5. The van der Waals surface area contributed by atoms with Crippen molar-refractivity contribution >= 4 is 28.7 Å². The molecule has 2 fully saturated rings. The minimum atomic E-state index is 0.0916. The van der Waals surface area contributed by atoms with Crippen LogP contribution in [-0.2, 0) is 0 Å². The van der Waals surface area contributed by atoms with Gasteiger partial charge in [0, 0.05) is 12.6 Å². The van der Waals surface area contributed by atoms with E-state index in [1.807, 2.05) is 0 Å². The lowest BCUT2D eigenvalue weighted by Gasteiger charge is -2.29. The van der Waals surface area contributed by atoms with Crippen LogP contribution < -0.4 is 5.73 Å². The number of halogens is 1. The van der Waals surface area contributed by atoms with E-state index in [0.717, 1.165) is 25.7 Å². The first-order valence-electron chi connectivity index (χ1n) is 6.88. The van der Waals surface area contributed by atoms with Crippen molar-refractivity contribution in [3.63, 3.8) is 0 Å². The van der Waals surface area contributed by atoms with Crippen LogP contribution in [0.1, 0.15) is 31.7 Å². The fourth-order valence-electron chi connectivity index (χ4n) is 4.05. The number of aromatic nitrogens is 4. The molecule has 4 rings (SSSR count). The van der Waals surface area contributed by atoms with Crippen molar-refractivity contribution < 1.29 is 5.11 Å². The maximum absolute atomic E-state index is 9.67. The van der Waals surface area contributed by atoms with Crippen molar-refractivity contribution in [2.24, 2.45) is 11.3 Å². The number of nitrogen functional groups attached to an aromatic ring is 1. The number of fused-ring (bicyclic) bond motifs is 3. The molecule has 0 saturated heterocycles. The zero-order chi connectivity index (χ0) is 13.9. The Bertz CT molecular complexity index is 687. The number of hydrogen-bond acceptors (Lipinski definition) is 5.